The lowest BCUT2D eigenvalue weighted by atomic mass is 9.90. The zero-order valence-electron chi connectivity index (χ0n) is 12.9. The number of carbonyl (C=O) groups is 2. The average Bonchev–Trinajstić information content (AvgIpc) is 2.46. The zero-order chi connectivity index (χ0) is 15.4. The van der Waals surface area contributed by atoms with E-state index in [4.69, 9.17) is 0 Å². The summed E-state index contributed by atoms with van der Waals surface area (Å²) < 4.78 is 0. The van der Waals surface area contributed by atoms with Gasteiger partial charge >= 0.3 is 12.0 Å². The Labute approximate surface area is 130 Å². The minimum Gasteiger partial charge on any atom is -0.481 e. The number of thioether (sulfide) groups is 1. The van der Waals surface area contributed by atoms with Crippen LogP contribution in [0, 0.1) is 11.8 Å². The van der Waals surface area contributed by atoms with E-state index in [2.05, 4.69) is 11.6 Å². The third-order valence-electron chi connectivity index (χ3n) is 4.58. The summed E-state index contributed by atoms with van der Waals surface area (Å²) >= 11 is 1.87. The Morgan fingerprint density at radius 2 is 2.00 bits per heavy atom. The van der Waals surface area contributed by atoms with Gasteiger partial charge in [-0.15, -0.1) is 0 Å². The first-order valence-electron chi connectivity index (χ1n) is 7.80. The number of carbonyl (C=O) groups excluding carboxylic acids is 1. The smallest absolute Gasteiger partial charge is 0.317 e. The number of hydrogen-bond donors (Lipinski definition) is 2. The first-order valence-corrected chi connectivity index (χ1v) is 9.09. The van der Waals surface area contributed by atoms with Crippen LogP contribution in [0.15, 0.2) is 0 Å². The van der Waals surface area contributed by atoms with Crippen LogP contribution >= 0.6 is 11.8 Å². The van der Waals surface area contributed by atoms with Gasteiger partial charge in [-0.05, 0) is 37.9 Å². The summed E-state index contributed by atoms with van der Waals surface area (Å²) in [6.07, 6.45) is 7.24. The molecule has 1 saturated heterocycles. The second-order valence-electron chi connectivity index (χ2n) is 6.45. The Kier molecular flexibility index (Phi) is 5.79. The number of nitrogens with zero attached hydrogens (tertiary/aromatic N) is 1. The molecule has 0 bridgehead atoms. The molecule has 1 heterocycles. The monoisotopic (exact) mass is 314 g/mol. The van der Waals surface area contributed by atoms with Crippen molar-refractivity contribution in [3.63, 3.8) is 0 Å². The van der Waals surface area contributed by atoms with Gasteiger partial charge in [-0.25, -0.2) is 4.79 Å². The molecule has 2 rings (SSSR count). The van der Waals surface area contributed by atoms with Gasteiger partial charge in [-0.1, -0.05) is 13.3 Å². The molecule has 5 nitrogen and oxygen atoms in total. The first-order chi connectivity index (χ1) is 9.99. The molecule has 1 saturated carbocycles. The molecule has 1 aliphatic carbocycles. The number of nitrogens with one attached hydrogen (secondary N) is 1. The summed E-state index contributed by atoms with van der Waals surface area (Å²) in [4.78, 5) is 25.3. The number of amides is 2. The van der Waals surface area contributed by atoms with Gasteiger partial charge < -0.3 is 15.3 Å². The van der Waals surface area contributed by atoms with E-state index in [1.165, 1.54) is 6.42 Å². The molecule has 4 atom stereocenters. The van der Waals surface area contributed by atoms with Gasteiger partial charge in [0.2, 0.25) is 0 Å². The van der Waals surface area contributed by atoms with Crippen LogP contribution < -0.4 is 5.32 Å². The van der Waals surface area contributed by atoms with Crippen LogP contribution in [-0.2, 0) is 4.79 Å². The number of aliphatic carboxylic acids is 1. The topological polar surface area (TPSA) is 69.6 Å². The molecule has 2 amide bonds. The number of rotatable bonds is 3. The van der Waals surface area contributed by atoms with Gasteiger partial charge in [-0.3, -0.25) is 4.79 Å². The predicted molar refractivity (Wildman–Crippen MR) is 84.6 cm³/mol. The molecular formula is C15H26N2O3S. The molecular weight excluding hydrogens is 288 g/mol. The van der Waals surface area contributed by atoms with E-state index in [1.807, 2.05) is 18.7 Å². The normalized spacial score (nSPS) is 33.5. The molecule has 2 N–H and O–H groups in total. The van der Waals surface area contributed by atoms with Crippen LogP contribution in [0.2, 0.25) is 0 Å². The van der Waals surface area contributed by atoms with Crippen molar-refractivity contribution in [2.45, 2.75) is 50.3 Å². The van der Waals surface area contributed by atoms with Crippen LogP contribution in [0.5, 0.6) is 0 Å². The summed E-state index contributed by atoms with van der Waals surface area (Å²) in [6, 6.07) is 0.156. The quantitative estimate of drug-likeness (QED) is 0.839. The average molecular weight is 314 g/mol. The summed E-state index contributed by atoms with van der Waals surface area (Å²) in [5, 5.41) is 12.9. The van der Waals surface area contributed by atoms with Crippen LogP contribution in [0.3, 0.4) is 0 Å². The molecule has 0 radical (unpaired) electrons. The van der Waals surface area contributed by atoms with Gasteiger partial charge in [0.15, 0.2) is 0 Å². The van der Waals surface area contributed by atoms with Crippen molar-refractivity contribution in [3.05, 3.63) is 0 Å². The van der Waals surface area contributed by atoms with Crippen molar-refractivity contribution in [3.8, 4) is 0 Å². The lowest BCUT2D eigenvalue weighted by Crippen LogP contribution is -2.52. The van der Waals surface area contributed by atoms with Gasteiger partial charge in [0, 0.05) is 24.4 Å². The van der Waals surface area contributed by atoms with Crippen molar-refractivity contribution < 1.29 is 14.7 Å². The largest absolute Gasteiger partial charge is 0.481 e. The molecule has 120 valence electrons. The Bertz CT molecular complexity index is 391. The Balaban J connectivity index is 1.88. The Morgan fingerprint density at radius 1 is 1.24 bits per heavy atom. The highest BCUT2D eigenvalue weighted by atomic mass is 32.2. The second kappa shape index (κ2) is 7.38. The van der Waals surface area contributed by atoms with Gasteiger partial charge in [-0.2, -0.15) is 11.8 Å². The molecule has 1 aliphatic heterocycles. The second-order valence-corrected chi connectivity index (χ2v) is 7.59. The summed E-state index contributed by atoms with van der Waals surface area (Å²) in [5.74, 6) is -0.972. The van der Waals surface area contributed by atoms with Crippen molar-refractivity contribution in [1.82, 2.24) is 10.2 Å². The molecule has 2 fully saturated rings. The van der Waals surface area contributed by atoms with E-state index < -0.39 is 11.9 Å². The molecule has 6 heteroatoms. The highest BCUT2D eigenvalue weighted by Gasteiger charge is 2.33. The lowest BCUT2D eigenvalue weighted by molar-refractivity contribution is -0.143. The van der Waals surface area contributed by atoms with Crippen LogP contribution in [0.4, 0.5) is 4.79 Å². The van der Waals surface area contributed by atoms with Crippen LogP contribution in [0.1, 0.15) is 39.0 Å². The lowest BCUT2D eigenvalue weighted by Gasteiger charge is -2.36. The highest BCUT2D eigenvalue weighted by Crippen LogP contribution is 2.27. The summed E-state index contributed by atoms with van der Waals surface area (Å²) in [5.41, 5.74) is 0. The molecule has 0 aromatic rings. The van der Waals surface area contributed by atoms with Crippen molar-refractivity contribution in [2.75, 3.05) is 19.3 Å². The fourth-order valence-electron chi connectivity index (χ4n) is 3.45. The van der Waals surface area contributed by atoms with Crippen LogP contribution in [0.25, 0.3) is 0 Å². The van der Waals surface area contributed by atoms with Gasteiger partial charge in [0.05, 0.1) is 5.92 Å². The molecule has 0 aromatic heterocycles. The van der Waals surface area contributed by atoms with Gasteiger partial charge in [0.1, 0.15) is 0 Å². The fraction of sp³-hybridized carbons (Fsp3) is 0.867. The van der Waals surface area contributed by atoms with E-state index in [0.717, 1.165) is 19.3 Å². The summed E-state index contributed by atoms with van der Waals surface area (Å²) in [7, 11) is 0. The van der Waals surface area contributed by atoms with Crippen molar-refractivity contribution in [2.24, 2.45) is 11.8 Å². The summed E-state index contributed by atoms with van der Waals surface area (Å²) in [6.45, 7) is 3.01. The number of piperidine rings is 1. The molecule has 21 heavy (non-hydrogen) atoms. The molecule has 2 aliphatic rings. The van der Waals surface area contributed by atoms with Gasteiger partial charge in [0.25, 0.3) is 0 Å². The predicted octanol–water partition coefficient (Wildman–Crippen LogP) is 2.41. The van der Waals surface area contributed by atoms with Crippen molar-refractivity contribution >= 4 is 23.8 Å². The van der Waals surface area contributed by atoms with E-state index in [-0.39, 0.29) is 18.0 Å². The minimum atomic E-state index is -0.792. The number of hydrogen-bond acceptors (Lipinski definition) is 3. The number of likely N-dealkylation sites (tertiary alicyclic amines) is 1. The van der Waals surface area contributed by atoms with E-state index in [9.17, 15) is 14.7 Å². The standard InChI is InChI=1S/C15H26N2O3S/c1-10-6-11(14(18)19)9-17(8-10)15(20)16-12-4-3-5-13(7-12)21-2/h10-13H,3-9H2,1-2H3,(H,16,20)(H,18,19). The number of carboxylic acid groups (broad SMARTS) is 1. The maximum atomic E-state index is 12.4. The number of urea groups is 1. The third-order valence-corrected chi connectivity index (χ3v) is 5.68. The highest BCUT2D eigenvalue weighted by molar-refractivity contribution is 7.99. The first kappa shape index (κ1) is 16.5. The van der Waals surface area contributed by atoms with Crippen LogP contribution in [-0.4, -0.2) is 52.6 Å². The Morgan fingerprint density at radius 3 is 2.67 bits per heavy atom. The maximum Gasteiger partial charge on any atom is 0.317 e. The zero-order valence-corrected chi connectivity index (χ0v) is 13.7. The molecule has 0 aromatic carbocycles. The van der Waals surface area contributed by atoms with E-state index >= 15 is 0 Å². The van der Waals surface area contributed by atoms with E-state index in [1.54, 1.807) is 4.90 Å². The maximum absolute atomic E-state index is 12.4. The minimum absolute atomic E-state index is 0.0837. The molecule has 0 spiro atoms. The fourth-order valence-corrected chi connectivity index (χ4v) is 4.28. The molecule has 4 unspecified atom stereocenters. The third kappa shape index (κ3) is 4.53. The SMILES string of the molecule is CSC1CCCC(NC(=O)N2CC(C)CC(C(=O)O)C2)C1. The van der Waals surface area contributed by atoms with E-state index in [0.29, 0.717) is 24.8 Å². The van der Waals surface area contributed by atoms with Crippen molar-refractivity contribution in [1.29, 1.82) is 0 Å². The number of carboxylic acids is 1. The Hall–Kier alpha value is -0.910.